The van der Waals surface area contributed by atoms with E-state index in [2.05, 4.69) is 81.6 Å². The fraction of sp³-hybridized carbons (Fsp3) is 0. The second-order valence-corrected chi connectivity index (χ2v) is 6.77. The Labute approximate surface area is 156 Å². The van der Waals surface area contributed by atoms with E-state index in [1.807, 2.05) is 36.5 Å². The first kappa shape index (κ1) is 15.8. The number of aromatic nitrogens is 1. The molecule has 1 nitrogen and oxygen atoms in total. The van der Waals surface area contributed by atoms with Gasteiger partial charge in [0.15, 0.2) is 0 Å². The van der Waals surface area contributed by atoms with Gasteiger partial charge in [-0.15, -0.1) is 0 Å². The molecule has 120 valence electrons. The van der Waals surface area contributed by atoms with Crippen LogP contribution in [0.2, 0.25) is 0 Å². The van der Waals surface area contributed by atoms with E-state index in [-0.39, 0.29) is 0 Å². The summed E-state index contributed by atoms with van der Waals surface area (Å²) >= 11 is 3.59. The van der Waals surface area contributed by atoms with Crippen LogP contribution >= 0.6 is 15.9 Å². The molecule has 0 saturated carbocycles. The van der Waals surface area contributed by atoms with E-state index in [4.69, 9.17) is 0 Å². The van der Waals surface area contributed by atoms with Crippen LogP contribution in [0.3, 0.4) is 0 Å². The summed E-state index contributed by atoms with van der Waals surface area (Å²) in [6.45, 7) is 0. The molecule has 0 saturated heterocycles. The minimum Gasteiger partial charge on any atom is -0.256 e. The van der Waals surface area contributed by atoms with Gasteiger partial charge in [0.25, 0.3) is 0 Å². The minimum absolute atomic E-state index is 0.985. The highest BCUT2D eigenvalue weighted by molar-refractivity contribution is 9.10. The van der Waals surface area contributed by atoms with Crippen LogP contribution in [0, 0.1) is 0 Å². The lowest BCUT2D eigenvalue weighted by atomic mass is 9.92. The standard InChI is InChI=1S/C23H16BrN/c24-20-10-6-9-18(15-20)22-16-19(23-11-4-5-14-25-23)12-13-21(22)17-7-2-1-3-8-17/h1-16H. The molecule has 25 heavy (non-hydrogen) atoms. The summed E-state index contributed by atoms with van der Waals surface area (Å²) in [7, 11) is 0. The van der Waals surface area contributed by atoms with Gasteiger partial charge in [0, 0.05) is 16.2 Å². The highest BCUT2D eigenvalue weighted by atomic mass is 79.9. The fourth-order valence-corrected chi connectivity index (χ4v) is 3.40. The van der Waals surface area contributed by atoms with Gasteiger partial charge in [-0.3, -0.25) is 4.98 Å². The molecule has 2 heteroatoms. The molecule has 1 heterocycles. The van der Waals surface area contributed by atoms with Gasteiger partial charge < -0.3 is 0 Å². The van der Waals surface area contributed by atoms with Gasteiger partial charge in [-0.25, -0.2) is 0 Å². The second-order valence-electron chi connectivity index (χ2n) is 5.85. The van der Waals surface area contributed by atoms with Crippen LogP contribution in [-0.4, -0.2) is 4.98 Å². The van der Waals surface area contributed by atoms with Crippen LogP contribution in [0.5, 0.6) is 0 Å². The number of hydrogen-bond donors (Lipinski definition) is 0. The summed E-state index contributed by atoms with van der Waals surface area (Å²) in [5, 5.41) is 0. The van der Waals surface area contributed by atoms with Gasteiger partial charge in [0.2, 0.25) is 0 Å². The molecule has 4 rings (SSSR count). The van der Waals surface area contributed by atoms with Crippen molar-refractivity contribution in [1.29, 1.82) is 0 Å². The zero-order valence-electron chi connectivity index (χ0n) is 13.6. The van der Waals surface area contributed by atoms with Crippen LogP contribution in [0.1, 0.15) is 0 Å². The normalized spacial score (nSPS) is 10.6. The van der Waals surface area contributed by atoms with Gasteiger partial charge in [-0.2, -0.15) is 0 Å². The lowest BCUT2D eigenvalue weighted by molar-refractivity contribution is 1.33. The predicted octanol–water partition coefficient (Wildman–Crippen LogP) is 6.85. The Morgan fingerprint density at radius 3 is 2.12 bits per heavy atom. The minimum atomic E-state index is 0.985. The molecular weight excluding hydrogens is 370 g/mol. The molecular formula is C23H16BrN. The van der Waals surface area contributed by atoms with E-state index < -0.39 is 0 Å². The highest BCUT2D eigenvalue weighted by Gasteiger charge is 2.10. The zero-order chi connectivity index (χ0) is 17.1. The summed E-state index contributed by atoms with van der Waals surface area (Å²) in [4.78, 5) is 4.49. The molecule has 0 aliphatic rings. The van der Waals surface area contributed by atoms with Crippen molar-refractivity contribution in [1.82, 2.24) is 4.98 Å². The molecule has 0 atom stereocenters. The van der Waals surface area contributed by atoms with E-state index in [9.17, 15) is 0 Å². The average molecular weight is 386 g/mol. The summed E-state index contributed by atoms with van der Waals surface area (Å²) in [6, 6.07) is 31.5. The molecule has 0 N–H and O–H groups in total. The maximum atomic E-state index is 4.49. The molecule has 0 radical (unpaired) electrons. The number of pyridine rings is 1. The summed E-state index contributed by atoms with van der Waals surface area (Å²) in [5.41, 5.74) is 6.93. The number of rotatable bonds is 3. The number of nitrogens with zero attached hydrogens (tertiary/aromatic N) is 1. The molecule has 4 aromatic rings. The molecule has 3 aromatic carbocycles. The first-order chi connectivity index (χ1) is 12.3. The average Bonchev–Trinajstić information content (AvgIpc) is 2.69. The van der Waals surface area contributed by atoms with Crippen LogP contribution in [0.4, 0.5) is 0 Å². The Kier molecular flexibility index (Phi) is 4.45. The van der Waals surface area contributed by atoms with Gasteiger partial charge in [-0.05, 0) is 52.6 Å². The second kappa shape index (κ2) is 7.04. The van der Waals surface area contributed by atoms with E-state index >= 15 is 0 Å². The monoisotopic (exact) mass is 385 g/mol. The van der Waals surface area contributed by atoms with Crippen molar-refractivity contribution in [3.8, 4) is 33.5 Å². The molecule has 0 aliphatic carbocycles. The Morgan fingerprint density at radius 2 is 1.36 bits per heavy atom. The van der Waals surface area contributed by atoms with Crippen LogP contribution in [0.15, 0.2) is 102 Å². The smallest absolute Gasteiger partial charge is 0.0702 e. The van der Waals surface area contributed by atoms with Crippen molar-refractivity contribution < 1.29 is 0 Å². The van der Waals surface area contributed by atoms with Crippen molar-refractivity contribution in [3.05, 3.63) is 102 Å². The Morgan fingerprint density at radius 1 is 0.560 bits per heavy atom. The predicted molar refractivity (Wildman–Crippen MR) is 108 cm³/mol. The molecule has 0 bridgehead atoms. The third kappa shape index (κ3) is 3.40. The first-order valence-corrected chi connectivity index (χ1v) is 8.97. The molecule has 0 unspecified atom stereocenters. The molecule has 0 amide bonds. The van der Waals surface area contributed by atoms with Crippen molar-refractivity contribution in [2.24, 2.45) is 0 Å². The van der Waals surface area contributed by atoms with E-state index in [0.29, 0.717) is 0 Å². The Bertz CT molecular complexity index is 995. The maximum absolute atomic E-state index is 4.49. The first-order valence-electron chi connectivity index (χ1n) is 8.18. The molecule has 0 spiro atoms. The number of halogens is 1. The zero-order valence-corrected chi connectivity index (χ0v) is 15.1. The van der Waals surface area contributed by atoms with Gasteiger partial charge >= 0.3 is 0 Å². The largest absolute Gasteiger partial charge is 0.256 e. The Hall–Kier alpha value is -2.71. The summed E-state index contributed by atoms with van der Waals surface area (Å²) in [5.74, 6) is 0. The Balaban J connectivity index is 1.93. The molecule has 1 aromatic heterocycles. The van der Waals surface area contributed by atoms with Gasteiger partial charge in [0.05, 0.1) is 5.69 Å². The van der Waals surface area contributed by atoms with Gasteiger partial charge in [0.1, 0.15) is 0 Å². The number of benzene rings is 3. The van der Waals surface area contributed by atoms with Crippen molar-refractivity contribution in [3.63, 3.8) is 0 Å². The maximum Gasteiger partial charge on any atom is 0.0702 e. The number of hydrogen-bond acceptors (Lipinski definition) is 1. The van der Waals surface area contributed by atoms with E-state index in [0.717, 1.165) is 15.7 Å². The van der Waals surface area contributed by atoms with Crippen LogP contribution < -0.4 is 0 Å². The van der Waals surface area contributed by atoms with Crippen molar-refractivity contribution >= 4 is 15.9 Å². The topological polar surface area (TPSA) is 12.9 Å². The lowest BCUT2D eigenvalue weighted by Crippen LogP contribution is -1.89. The molecule has 0 fully saturated rings. The third-order valence-electron chi connectivity index (χ3n) is 4.20. The third-order valence-corrected chi connectivity index (χ3v) is 4.69. The van der Waals surface area contributed by atoms with Crippen LogP contribution in [0.25, 0.3) is 33.5 Å². The quantitative estimate of drug-likeness (QED) is 0.375. The van der Waals surface area contributed by atoms with Crippen molar-refractivity contribution in [2.45, 2.75) is 0 Å². The van der Waals surface area contributed by atoms with E-state index in [1.165, 1.54) is 22.3 Å². The fourth-order valence-electron chi connectivity index (χ4n) is 3.00. The van der Waals surface area contributed by atoms with Gasteiger partial charge in [-0.1, -0.05) is 76.6 Å². The summed E-state index contributed by atoms with van der Waals surface area (Å²) in [6.07, 6.45) is 1.83. The molecule has 0 aliphatic heterocycles. The SMILES string of the molecule is Brc1cccc(-c2cc(-c3ccccn3)ccc2-c2ccccc2)c1. The lowest BCUT2D eigenvalue weighted by Gasteiger charge is -2.13. The van der Waals surface area contributed by atoms with Crippen molar-refractivity contribution in [2.75, 3.05) is 0 Å². The summed E-state index contributed by atoms with van der Waals surface area (Å²) < 4.78 is 1.08. The highest BCUT2D eigenvalue weighted by Crippen LogP contribution is 2.36. The van der Waals surface area contributed by atoms with E-state index in [1.54, 1.807) is 0 Å². The van der Waals surface area contributed by atoms with Crippen LogP contribution in [-0.2, 0) is 0 Å².